The van der Waals surface area contributed by atoms with Crippen molar-refractivity contribution in [3.05, 3.63) is 97.0 Å². The van der Waals surface area contributed by atoms with Gasteiger partial charge in [-0.15, -0.1) is 0 Å². The Morgan fingerprint density at radius 1 is 0.860 bits per heavy atom. The molecule has 2 heterocycles. The number of urea groups is 1. The molecule has 0 saturated carbocycles. The molecule has 0 fully saturated rings. The molecule has 2 aromatic heterocycles. The van der Waals surface area contributed by atoms with Gasteiger partial charge in [0.1, 0.15) is 23.1 Å². The Labute approximate surface area is 253 Å². The van der Waals surface area contributed by atoms with Crippen molar-refractivity contribution >= 4 is 52.9 Å². The van der Waals surface area contributed by atoms with E-state index in [4.69, 9.17) is 9.47 Å². The van der Waals surface area contributed by atoms with E-state index < -0.39 is 7.92 Å². The average Bonchev–Trinajstić information content (AvgIpc) is 2.98. The van der Waals surface area contributed by atoms with Crippen molar-refractivity contribution in [2.24, 2.45) is 0 Å². The quantitative estimate of drug-likeness (QED) is 0.156. The number of nitrogens with one attached hydrogen (secondary N) is 3. The summed E-state index contributed by atoms with van der Waals surface area (Å²) < 4.78 is 12.1. The van der Waals surface area contributed by atoms with E-state index in [1.54, 1.807) is 31.8 Å². The minimum absolute atomic E-state index is 0.0876. The van der Waals surface area contributed by atoms with E-state index in [9.17, 15) is 4.79 Å². The van der Waals surface area contributed by atoms with Crippen molar-refractivity contribution in [2.45, 2.75) is 26.2 Å². The van der Waals surface area contributed by atoms with Crippen LogP contribution >= 0.6 is 7.92 Å². The Bertz CT molecular complexity index is 1750. The van der Waals surface area contributed by atoms with Gasteiger partial charge in [-0.1, -0.05) is 53.0 Å². The minimum Gasteiger partial charge on any atom is -0.494 e. The molecule has 0 radical (unpaired) electrons. The van der Waals surface area contributed by atoms with E-state index in [1.165, 1.54) is 0 Å². The normalized spacial score (nSPS) is 11.3. The summed E-state index contributed by atoms with van der Waals surface area (Å²) in [6, 6.07) is 22.7. The molecule has 5 rings (SSSR count). The summed E-state index contributed by atoms with van der Waals surface area (Å²) in [5.41, 5.74) is 3.19. The maximum atomic E-state index is 13.4. The molecule has 0 aliphatic heterocycles. The molecule has 43 heavy (non-hydrogen) atoms. The lowest BCUT2D eigenvalue weighted by molar-refractivity contribution is 0.262. The number of rotatable bonds is 8. The Kier molecular flexibility index (Phi) is 8.78. The number of aromatic nitrogens is 2. The second-order valence-corrected chi connectivity index (χ2v) is 13.6. The molecule has 3 aromatic carbocycles. The summed E-state index contributed by atoms with van der Waals surface area (Å²) in [6.07, 6.45) is 5.13. The number of amides is 2. The lowest BCUT2D eigenvalue weighted by atomic mass is 9.86. The lowest BCUT2D eigenvalue weighted by Gasteiger charge is -2.25. The van der Waals surface area contributed by atoms with E-state index >= 15 is 0 Å². The van der Waals surface area contributed by atoms with Gasteiger partial charge in [-0.2, -0.15) is 0 Å². The van der Waals surface area contributed by atoms with Gasteiger partial charge in [-0.3, -0.25) is 4.98 Å². The zero-order chi connectivity index (χ0) is 30.6. The SMILES string of the molecule is COc1c(NC(=O)Nc2ccc(Oc3ccnc(Nc4cccnc4)c3)c3ccccc23)cc(C(C)(C)C)cc1P(C)C. The number of methoxy groups -OCH3 is 1. The van der Waals surface area contributed by atoms with Crippen molar-refractivity contribution in [2.75, 3.05) is 36.4 Å². The second kappa shape index (κ2) is 12.7. The zero-order valence-corrected chi connectivity index (χ0v) is 26.1. The molecular weight excluding hydrogens is 557 g/mol. The zero-order valence-electron chi connectivity index (χ0n) is 25.2. The Morgan fingerprint density at radius 2 is 1.63 bits per heavy atom. The third-order valence-corrected chi connectivity index (χ3v) is 8.19. The maximum absolute atomic E-state index is 13.4. The van der Waals surface area contributed by atoms with Gasteiger partial charge in [0.25, 0.3) is 0 Å². The van der Waals surface area contributed by atoms with Crippen LogP contribution in [0, 0.1) is 0 Å². The summed E-state index contributed by atoms with van der Waals surface area (Å²) in [5, 5.41) is 12.1. The van der Waals surface area contributed by atoms with Gasteiger partial charge in [0, 0.05) is 34.5 Å². The van der Waals surface area contributed by atoms with Gasteiger partial charge < -0.3 is 25.4 Å². The van der Waals surface area contributed by atoms with Crippen LogP contribution in [0.1, 0.15) is 26.3 Å². The first kappa shape index (κ1) is 29.8. The van der Waals surface area contributed by atoms with Crippen LogP contribution in [0.15, 0.2) is 91.4 Å². The molecule has 0 aliphatic rings. The molecule has 9 heteroatoms. The number of ether oxygens (including phenoxy) is 2. The average molecular weight is 594 g/mol. The van der Waals surface area contributed by atoms with Gasteiger partial charge in [0.15, 0.2) is 0 Å². The second-order valence-electron chi connectivity index (χ2n) is 11.3. The molecule has 8 nitrogen and oxygen atoms in total. The van der Waals surface area contributed by atoms with Crippen LogP contribution in [0.2, 0.25) is 0 Å². The summed E-state index contributed by atoms with van der Waals surface area (Å²) in [7, 11) is 1.18. The van der Waals surface area contributed by atoms with Gasteiger partial charge >= 0.3 is 6.03 Å². The minimum atomic E-state index is -0.460. The van der Waals surface area contributed by atoms with Crippen molar-refractivity contribution in [3.63, 3.8) is 0 Å². The third-order valence-electron chi connectivity index (χ3n) is 6.89. The fourth-order valence-corrected chi connectivity index (χ4v) is 5.70. The fourth-order valence-electron chi connectivity index (χ4n) is 4.69. The first-order valence-electron chi connectivity index (χ1n) is 13.9. The summed E-state index contributed by atoms with van der Waals surface area (Å²) in [5.74, 6) is 2.61. The standard InChI is InChI=1S/C34H36N5O3P/c1-34(2,3)22-18-28(32(41-4)30(19-22)43(5)6)39-33(40)38-27-13-14-29(26-12-8-7-11-25(26)27)42-24-15-17-36-31(20-24)37-23-10-9-16-35-21-23/h7-21H,1-6H3,(H,36,37)(H2,38,39,40). The molecule has 0 unspecified atom stereocenters. The fraction of sp³-hybridized carbons (Fsp3) is 0.206. The highest BCUT2D eigenvalue weighted by Crippen LogP contribution is 2.39. The predicted octanol–water partition coefficient (Wildman–Crippen LogP) is 8.48. The molecule has 0 atom stereocenters. The number of hydrogen-bond donors (Lipinski definition) is 3. The van der Waals surface area contributed by atoms with Crippen LogP contribution in [-0.2, 0) is 5.41 Å². The molecule has 5 aromatic rings. The molecule has 0 saturated heterocycles. The first-order valence-corrected chi connectivity index (χ1v) is 16.2. The van der Waals surface area contributed by atoms with Crippen molar-refractivity contribution in [1.82, 2.24) is 9.97 Å². The van der Waals surface area contributed by atoms with Crippen LogP contribution in [0.5, 0.6) is 17.2 Å². The third kappa shape index (κ3) is 7.04. The number of hydrogen-bond acceptors (Lipinski definition) is 6. The Hall–Kier alpha value is -4.68. The number of carbonyl (C=O) groups is 1. The highest BCUT2D eigenvalue weighted by molar-refractivity contribution is 7.64. The molecule has 0 bridgehead atoms. The maximum Gasteiger partial charge on any atom is 0.323 e. The van der Waals surface area contributed by atoms with E-state index in [-0.39, 0.29) is 11.4 Å². The number of nitrogens with zero attached hydrogens (tertiary/aromatic N) is 2. The molecule has 2 amide bonds. The van der Waals surface area contributed by atoms with E-state index in [0.29, 0.717) is 34.4 Å². The molecule has 220 valence electrons. The number of benzene rings is 3. The largest absolute Gasteiger partial charge is 0.494 e. The number of anilines is 4. The van der Waals surface area contributed by atoms with Crippen LogP contribution in [0.25, 0.3) is 10.8 Å². The van der Waals surface area contributed by atoms with E-state index in [2.05, 4.69) is 66.1 Å². The van der Waals surface area contributed by atoms with Crippen LogP contribution in [0.4, 0.5) is 27.7 Å². The lowest BCUT2D eigenvalue weighted by Crippen LogP contribution is -2.23. The smallest absolute Gasteiger partial charge is 0.323 e. The van der Waals surface area contributed by atoms with Crippen LogP contribution in [0.3, 0.4) is 0 Å². The van der Waals surface area contributed by atoms with Crippen molar-refractivity contribution < 1.29 is 14.3 Å². The summed E-state index contributed by atoms with van der Waals surface area (Å²) in [4.78, 5) is 21.9. The molecule has 0 spiro atoms. The Balaban J connectivity index is 1.39. The topological polar surface area (TPSA) is 97.4 Å². The molecule has 3 N–H and O–H groups in total. The van der Waals surface area contributed by atoms with E-state index in [1.807, 2.05) is 60.7 Å². The highest BCUT2D eigenvalue weighted by Gasteiger charge is 2.22. The Morgan fingerprint density at radius 3 is 2.33 bits per heavy atom. The van der Waals surface area contributed by atoms with Crippen LogP contribution < -0.4 is 30.7 Å². The van der Waals surface area contributed by atoms with Crippen molar-refractivity contribution in [1.29, 1.82) is 0 Å². The number of carbonyl (C=O) groups excluding carboxylic acids is 1. The van der Waals surface area contributed by atoms with Gasteiger partial charge in [-0.05, 0) is 66.8 Å². The van der Waals surface area contributed by atoms with Gasteiger partial charge in [-0.25, -0.2) is 9.78 Å². The van der Waals surface area contributed by atoms with Crippen molar-refractivity contribution in [3.8, 4) is 17.2 Å². The number of pyridine rings is 2. The molecule has 0 aliphatic carbocycles. The highest BCUT2D eigenvalue weighted by atomic mass is 31.1. The number of fused-ring (bicyclic) bond motifs is 1. The van der Waals surface area contributed by atoms with Crippen LogP contribution in [-0.4, -0.2) is 36.4 Å². The monoisotopic (exact) mass is 593 g/mol. The summed E-state index contributed by atoms with van der Waals surface area (Å²) >= 11 is 0. The predicted molar refractivity (Wildman–Crippen MR) is 179 cm³/mol. The van der Waals surface area contributed by atoms with Gasteiger partial charge in [0.05, 0.1) is 30.4 Å². The summed E-state index contributed by atoms with van der Waals surface area (Å²) in [6.45, 7) is 10.9. The van der Waals surface area contributed by atoms with Gasteiger partial charge in [0.2, 0.25) is 0 Å². The first-order chi connectivity index (χ1) is 20.6. The van der Waals surface area contributed by atoms with E-state index in [0.717, 1.165) is 27.3 Å². The molecular formula is C34H36N5O3P.